The first-order valence-corrected chi connectivity index (χ1v) is 6.24. The number of carbonyl (C=O) groups excluding carboxylic acids is 1. The molecule has 0 atom stereocenters. The maximum Gasteiger partial charge on any atom is 0.229 e. The number of nitrogens with one attached hydrogen (secondary N) is 1. The van der Waals surface area contributed by atoms with Crippen LogP contribution in [0.2, 0.25) is 10.0 Å². The largest absolute Gasteiger partial charge is 0.394 e. The zero-order valence-electron chi connectivity index (χ0n) is 10.2. The molecule has 0 unspecified atom stereocenters. The van der Waals surface area contributed by atoms with Crippen molar-refractivity contribution < 1.29 is 4.79 Å². The number of amides is 1. The summed E-state index contributed by atoms with van der Waals surface area (Å²) in [6.45, 7) is 0. The highest BCUT2D eigenvalue weighted by Gasteiger charge is 2.11. The molecule has 19 heavy (non-hydrogen) atoms. The van der Waals surface area contributed by atoms with E-state index in [-0.39, 0.29) is 12.3 Å². The van der Waals surface area contributed by atoms with Crippen LogP contribution in [0.3, 0.4) is 0 Å². The minimum Gasteiger partial charge on any atom is -0.394 e. The van der Waals surface area contributed by atoms with Gasteiger partial charge in [0.2, 0.25) is 5.91 Å². The molecule has 1 amide bonds. The van der Waals surface area contributed by atoms with Gasteiger partial charge in [-0.3, -0.25) is 9.48 Å². The molecule has 1 aromatic heterocycles. The number of aryl methyl sites for hydroxylation is 1. The van der Waals surface area contributed by atoms with Crippen LogP contribution in [0.15, 0.2) is 24.4 Å². The van der Waals surface area contributed by atoms with Crippen LogP contribution in [0.25, 0.3) is 0 Å². The molecule has 2 rings (SSSR count). The van der Waals surface area contributed by atoms with Crippen LogP contribution in [-0.4, -0.2) is 15.7 Å². The van der Waals surface area contributed by atoms with Gasteiger partial charge < -0.3 is 11.1 Å². The van der Waals surface area contributed by atoms with Crippen molar-refractivity contribution in [3.63, 3.8) is 0 Å². The van der Waals surface area contributed by atoms with E-state index in [1.807, 2.05) is 0 Å². The molecule has 0 bridgehead atoms. The van der Waals surface area contributed by atoms with Crippen molar-refractivity contribution in [1.29, 1.82) is 0 Å². The number of aromatic nitrogens is 2. The molecule has 100 valence electrons. The molecule has 0 aliphatic rings. The second kappa shape index (κ2) is 5.50. The second-order valence-electron chi connectivity index (χ2n) is 4.05. The number of hydrogen-bond donors (Lipinski definition) is 2. The number of rotatable bonds is 3. The van der Waals surface area contributed by atoms with Gasteiger partial charge in [0.05, 0.1) is 28.4 Å². The third kappa shape index (κ3) is 3.19. The average molecular weight is 299 g/mol. The van der Waals surface area contributed by atoms with E-state index >= 15 is 0 Å². The lowest BCUT2D eigenvalue weighted by Gasteiger charge is -2.07. The highest BCUT2D eigenvalue weighted by Crippen LogP contribution is 2.23. The van der Waals surface area contributed by atoms with Crippen LogP contribution in [0.5, 0.6) is 0 Å². The van der Waals surface area contributed by atoms with Crippen LogP contribution in [0, 0.1) is 0 Å². The maximum atomic E-state index is 11.9. The van der Waals surface area contributed by atoms with Gasteiger partial charge in [-0.1, -0.05) is 29.3 Å². The first-order valence-electron chi connectivity index (χ1n) is 5.48. The van der Waals surface area contributed by atoms with E-state index in [9.17, 15) is 4.79 Å². The molecule has 0 saturated carbocycles. The Morgan fingerprint density at radius 1 is 1.42 bits per heavy atom. The summed E-state index contributed by atoms with van der Waals surface area (Å²) < 4.78 is 1.50. The summed E-state index contributed by atoms with van der Waals surface area (Å²) in [6.07, 6.45) is 1.66. The van der Waals surface area contributed by atoms with Crippen LogP contribution in [-0.2, 0) is 18.3 Å². The predicted molar refractivity (Wildman–Crippen MR) is 76.4 cm³/mol. The summed E-state index contributed by atoms with van der Waals surface area (Å²) in [6, 6.07) is 5.07. The van der Waals surface area contributed by atoms with Crippen LogP contribution in [0.1, 0.15) is 5.56 Å². The number of nitrogens with zero attached hydrogens (tertiary/aromatic N) is 2. The molecule has 0 aliphatic heterocycles. The van der Waals surface area contributed by atoms with E-state index in [2.05, 4.69) is 10.4 Å². The first-order chi connectivity index (χ1) is 8.97. The topological polar surface area (TPSA) is 72.9 Å². The van der Waals surface area contributed by atoms with Crippen molar-refractivity contribution in [3.05, 3.63) is 40.0 Å². The van der Waals surface area contributed by atoms with Gasteiger partial charge in [-0.05, 0) is 17.7 Å². The molecule has 5 nitrogen and oxygen atoms in total. The summed E-state index contributed by atoms with van der Waals surface area (Å²) in [5, 5.41) is 7.52. The third-order valence-corrected chi connectivity index (χ3v) is 3.31. The summed E-state index contributed by atoms with van der Waals surface area (Å²) in [5.41, 5.74) is 6.88. The fraction of sp³-hybridized carbons (Fsp3) is 0.167. The number of nitrogen functional groups attached to an aromatic ring is 1. The lowest BCUT2D eigenvalue weighted by atomic mass is 10.1. The van der Waals surface area contributed by atoms with Crippen LogP contribution in [0.4, 0.5) is 11.5 Å². The molecule has 1 heterocycles. The molecular formula is C12H12Cl2N4O. The quantitative estimate of drug-likeness (QED) is 0.914. The van der Waals surface area contributed by atoms with Crippen molar-refractivity contribution in [2.24, 2.45) is 7.05 Å². The van der Waals surface area contributed by atoms with Gasteiger partial charge in [-0.15, -0.1) is 0 Å². The second-order valence-corrected chi connectivity index (χ2v) is 4.86. The lowest BCUT2D eigenvalue weighted by Crippen LogP contribution is -2.17. The number of halogens is 2. The lowest BCUT2D eigenvalue weighted by molar-refractivity contribution is -0.115. The fourth-order valence-electron chi connectivity index (χ4n) is 1.62. The Bertz CT molecular complexity index is 605. The number of nitrogens with two attached hydrogens (primary N) is 1. The Morgan fingerprint density at radius 2 is 2.16 bits per heavy atom. The van der Waals surface area contributed by atoms with Gasteiger partial charge in [-0.2, -0.15) is 5.10 Å². The highest BCUT2D eigenvalue weighted by molar-refractivity contribution is 6.42. The number of anilines is 2. The van der Waals surface area contributed by atoms with Crippen molar-refractivity contribution in [1.82, 2.24) is 9.78 Å². The Kier molecular flexibility index (Phi) is 3.97. The maximum absolute atomic E-state index is 11.9. The van der Waals surface area contributed by atoms with E-state index in [0.29, 0.717) is 21.6 Å². The van der Waals surface area contributed by atoms with Gasteiger partial charge in [0.1, 0.15) is 0 Å². The standard InChI is InChI=1S/C12H12Cl2N4O/c1-18-12(10(15)6-16-18)17-11(19)5-7-2-3-8(13)9(14)4-7/h2-4,6H,5,15H2,1H3,(H,17,19). The zero-order valence-corrected chi connectivity index (χ0v) is 11.7. The molecule has 3 N–H and O–H groups in total. The molecule has 0 aliphatic carbocycles. The molecule has 0 spiro atoms. The van der Waals surface area contributed by atoms with E-state index in [1.54, 1.807) is 25.2 Å². The average Bonchev–Trinajstić information content (AvgIpc) is 2.66. The molecule has 0 fully saturated rings. The van der Waals surface area contributed by atoms with Gasteiger partial charge in [-0.25, -0.2) is 0 Å². The summed E-state index contributed by atoms with van der Waals surface area (Å²) in [7, 11) is 1.70. The van der Waals surface area contributed by atoms with Crippen LogP contribution < -0.4 is 11.1 Å². The van der Waals surface area contributed by atoms with Gasteiger partial charge in [0.15, 0.2) is 5.82 Å². The van der Waals surface area contributed by atoms with E-state index in [1.165, 1.54) is 10.9 Å². The van der Waals surface area contributed by atoms with Gasteiger partial charge >= 0.3 is 0 Å². The Hall–Kier alpha value is -1.72. The van der Waals surface area contributed by atoms with Crippen LogP contribution >= 0.6 is 23.2 Å². The molecular weight excluding hydrogens is 287 g/mol. The fourth-order valence-corrected chi connectivity index (χ4v) is 1.94. The van der Waals surface area contributed by atoms with Crippen molar-refractivity contribution in [2.45, 2.75) is 6.42 Å². The van der Waals surface area contributed by atoms with E-state index in [4.69, 9.17) is 28.9 Å². The molecule has 7 heteroatoms. The van der Waals surface area contributed by atoms with Crippen molar-refractivity contribution in [2.75, 3.05) is 11.1 Å². The monoisotopic (exact) mass is 298 g/mol. The SMILES string of the molecule is Cn1ncc(N)c1NC(=O)Cc1ccc(Cl)c(Cl)c1. The molecule has 0 radical (unpaired) electrons. The summed E-state index contributed by atoms with van der Waals surface area (Å²) in [4.78, 5) is 11.9. The predicted octanol–water partition coefficient (Wildman–Crippen LogP) is 2.49. The number of carbonyl (C=O) groups is 1. The number of benzene rings is 1. The summed E-state index contributed by atoms with van der Waals surface area (Å²) >= 11 is 11.7. The third-order valence-electron chi connectivity index (χ3n) is 2.57. The van der Waals surface area contributed by atoms with E-state index < -0.39 is 0 Å². The number of hydrogen-bond acceptors (Lipinski definition) is 3. The van der Waals surface area contributed by atoms with E-state index in [0.717, 1.165) is 5.56 Å². The Morgan fingerprint density at radius 3 is 2.74 bits per heavy atom. The minimum absolute atomic E-state index is 0.182. The Balaban J connectivity index is 2.07. The van der Waals surface area contributed by atoms with Gasteiger partial charge in [0, 0.05) is 7.05 Å². The molecule has 2 aromatic rings. The normalized spacial score (nSPS) is 10.5. The first kappa shape index (κ1) is 13.7. The van der Waals surface area contributed by atoms with Crippen molar-refractivity contribution >= 4 is 40.6 Å². The highest BCUT2D eigenvalue weighted by atomic mass is 35.5. The molecule has 1 aromatic carbocycles. The minimum atomic E-state index is -0.200. The zero-order chi connectivity index (χ0) is 14.0. The smallest absolute Gasteiger partial charge is 0.229 e. The summed E-state index contributed by atoms with van der Waals surface area (Å²) in [5.74, 6) is 0.277. The molecule has 0 saturated heterocycles. The Labute approximate surface area is 120 Å². The van der Waals surface area contributed by atoms with Crippen molar-refractivity contribution in [3.8, 4) is 0 Å². The van der Waals surface area contributed by atoms with Gasteiger partial charge in [0.25, 0.3) is 0 Å².